The maximum atomic E-state index is 12.3. The molecule has 0 heterocycles. The third-order valence-electron chi connectivity index (χ3n) is 2.36. The van der Waals surface area contributed by atoms with E-state index in [9.17, 15) is 8.42 Å². The molecule has 0 aliphatic heterocycles. The molecular formula is C11H16Br2N2O2S2. The Balaban J connectivity index is 2.95. The van der Waals surface area contributed by atoms with Crippen LogP contribution in [0.25, 0.3) is 0 Å². The monoisotopic (exact) mass is 430 g/mol. The first kappa shape index (κ1) is 17.3. The smallest absolute Gasteiger partial charge is 0.242 e. The van der Waals surface area contributed by atoms with E-state index in [1.54, 1.807) is 23.9 Å². The Morgan fingerprint density at radius 3 is 2.37 bits per heavy atom. The Hall–Kier alpha value is 0.240. The predicted octanol–water partition coefficient (Wildman–Crippen LogP) is 3.07. The van der Waals surface area contributed by atoms with Crippen molar-refractivity contribution < 1.29 is 8.42 Å². The first-order valence-corrected chi connectivity index (χ1v) is 9.97. The fourth-order valence-electron chi connectivity index (χ4n) is 1.50. The van der Waals surface area contributed by atoms with E-state index in [-0.39, 0.29) is 10.8 Å². The molecule has 108 valence electrons. The molecule has 1 aromatic carbocycles. The van der Waals surface area contributed by atoms with E-state index in [2.05, 4.69) is 36.6 Å². The Morgan fingerprint density at radius 2 is 1.89 bits per heavy atom. The second-order valence-corrected chi connectivity index (χ2v) is 8.55. The van der Waals surface area contributed by atoms with Crippen LogP contribution in [0.3, 0.4) is 0 Å². The van der Waals surface area contributed by atoms with Gasteiger partial charge in [0.1, 0.15) is 4.90 Å². The Kier molecular flexibility index (Phi) is 6.65. The summed E-state index contributed by atoms with van der Waals surface area (Å²) in [4.78, 5) is 0.179. The van der Waals surface area contributed by atoms with Crippen LogP contribution in [0.5, 0.6) is 0 Å². The summed E-state index contributed by atoms with van der Waals surface area (Å²) in [5.41, 5.74) is 6.15. The zero-order chi connectivity index (χ0) is 14.6. The standard InChI is InChI=1S/C11H16Br2N2O2S2/c1-7(6-18-2)5-15-19(16,17)11-9(12)3-8(14)4-10(11)13/h3-4,7,15H,5-6,14H2,1-2H3. The number of nitrogens with one attached hydrogen (secondary N) is 1. The molecule has 19 heavy (non-hydrogen) atoms. The van der Waals surface area contributed by atoms with E-state index >= 15 is 0 Å². The van der Waals surface area contributed by atoms with E-state index < -0.39 is 10.0 Å². The number of hydrogen-bond donors (Lipinski definition) is 2. The van der Waals surface area contributed by atoms with Crippen molar-refractivity contribution in [3.8, 4) is 0 Å². The lowest BCUT2D eigenvalue weighted by Gasteiger charge is -2.14. The first-order chi connectivity index (χ1) is 8.77. The highest BCUT2D eigenvalue weighted by molar-refractivity contribution is 9.11. The summed E-state index contributed by atoms with van der Waals surface area (Å²) in [5, 5.41) is 0. The molecule has 0 aliphatic rings. The number of nitrogens with two attached hydrogens (primary N) is 1. The quantitative estimate of drug-likeness (QED) is 0.678. The Morgan fingerprint density at radius 1 is 1.37 bits per heavy atom. The molecule has 4 nitrogen and oxygen atoms in total. The van der Waals surface area contributed by atoms with Crippen molar-refractivity contribution in [1.82, 2.24) is 4.72 Å². The van der Waals surface area contributed by atoms with Crippen molar-refractivity contribution in [3.05, 3.63) is 21.1 Å². The minimum absolute atomic E-state index is 0.179. The zero-order valence-electron chi connectivity index (χ0n) is 10.6. The van der Waals surface area contributed by atoms with Crippen molar-refractivity contribution in [3.63, 3.8) is 0 Å². The van der Waals surface area contributed by atoms with Gasteiger partial charge in [-0.05, 0) is 61.9 Å². The highest BCUT2D eigenvalue weighted by Crippen LogP contribution is 2.32. The van der Waals surface area contributed by atoms with Crippen molar-refractivity contribution in [2.24, 2.45) is 5.92 Å². The molecule has 8 heteroatoms. The van der Waals surface area contributed by atoms with Gasteiger partial charge in [-0.1, -0.05) is 6.92 Å². The molecule has 0 saturated carbocycles. The van der Waals surface area contributed by atoms with Gasteiger partial charge in [0.15, 0.2) is 0 Å². The van der Waals surface area contributed by atoms with Gasteiger partial charge in [0, 0.05) is 21.2 Å². The van der Waals surface area contributed by atoms with Crippen LogP contribution in [0.2, 0.25) is 0 Å². The Bertz CT molecular complexity index is 527. The van der Waals surface area contributed by atoms with Gasteiger partial charge < -0.3 is 5.73 Å². The number of nitrogen functional groups attached to an aromatic ring is 1. The van der Waals surface area contributed by atoms with Crippen LogP contribution in [0.1, 0.15) is 6.92 Å². The van der Waals surface area contributed by atoms with E-state index in [0.29, 0.717) is 21.2 Å². The first-order valence-electron chi connectivity index (χ1n) is 5.51. The normalized spacial score (nSPS) is 13.5. The van der Waals surface area contributed by atoms with Gasteiger partial charge in [0.05, 0.1) is 0 Å². The van der Waals surface area contributed by atoms with E-state index in [0.717, 1.165) is 5.75 Å². The maximum absolute atomic E-state index is 12.3. The predicted molar refractivity (Wildman–Crippen MR) is 89.0 cm³/mol. The van der Waals surface area contributed by atoms with Gasteiger partial charge in [0.25, 0.3) is 0 Å². The number of rotatable bonds is 6. The minimum Gasteiger partial charge on any atom is -0.399 e. The maximum Gasteiger partial charge on any atom is 0.242 e. The van der Waals surface area contributed by atoms with Crippen LogP contribution in [0.15, 0.2) is 26.0 Å². The topological polar surface area (TPSA) is 72.2 Å². The number of benzene rings is 1. The number of anilines is 1. The van der Waals surface area contributed by atoms with Crippen LogP contribution < -0.4 is 10.5 Å². The van der Waals surface area contributed by atoms with Gasteiger partial charge in [-0.3, -0.25) is 0 Å². The molecule has 1 rings (SSSR count). The van der Waals surface area contributed by atoms with Crippen LogP contribution in [-0.2, 0) is 10.0 Å². The van der Waals surface area contributed by atoms with E-state index in [4.69, 9.17) is 5.73 Å². The molecule has 0 amide bonds. The van der Waals surface area contributed by atoms with Gasteiger partial charge in [0.2, 0.25) is 10.0 Å². The van der Waals surface area contributed by atoms with E-state index in [1.165, 1.54) is 0 Å². The Labute approximate surface area is 135 Å². The summed E-state index contributed by atoms with van der Waals surface area (Å²) in [5.74, 6) is 1.18. The summed E-state index contributed by atoms with van der Waals surface area (Å²) in [6.45, 7) is 2.42. The van der Waals surface area contributed by atoms with Crippen molar-refractivity contribution in [2.45, 2.75) is 11.8 Å². The summed E-state index contributed by atoms with van der Waals surface area (Å²) < 4.78 is 28.1. The van der Waals surface area contributed by atoms with Crippen LogP contribution in [0, 0.1) is 5.92 Å². The van der Waals surface area contributed by atoms with Crippen LogP contribution >= 0.6 is 43.6 Å². The van der Waals surface area contributed by atoms with Gasteiger partial charge in [-0.25, -0.2) is 13.1 Å². The molecule has 0 radical (unpaired) electrons. The number of sulfonamides is 1. The summed E-state index contributed by atoms with van der Waals surface area (Å²) in [6.07, 6.45) is 2.00. The fraction of sp³-hybridized carbons (Fsp3) is 0.455. The molecule has 0 bridgehead atoms. The summed E-state index contributed by atoms with van der Waals surface area (Å²) in [6, 6.07) is 3.15. The average Bonchev–Trinajstić information content (AvgIpc) is 2.25. The second-order valence-electron chi connectivity index (χ2n) is 4.23. The highest BCUT2D eigenvalue weighted by Gasteiger charge is 2.22. The van der Waals surface area contributed by atoms with Crippen molar-refractivity contribution in [1.29, 1.82) is 0 Å². The third-order valence-corrected chi connectivity index (χ3v) is 6.56. The lowest BCUT2D eigenvalue weighted by atomic mass is 10.2. The number of hydrogen-bond acceptors (Lipinski definition) is 4. The molecule has 0 aromatic heterocycles. The molecule has 0 fully saturated rings. The molecular weight excluding hydrogens is 416 g/mol. The SMILES string of the molecule is CSCC(C)CNS(=O)(=O)c1c(Br)cc(N)cc1Br. The molecule has 1 aromatic rings. The van der Waals surface area contributed by atoms with Crippen molar-refractivity contribution in [2.75, 3.05) is 24.3 Å². The lowest BCUT2D eigenvalue weighted by Crippen LogP contribution is -2.29. The highest BCUT2D eigenvalue weighted by atomic mass is 79.9. The number of thioether (sulfide) groups is 1. The second kappa shape index (κ2) is 7.31. The molecule has 0 aliphatic carbocycles. The number of halogens is 2. The zero-order valence-corrected chi connectivity index (χ0v) is 15.4. The van der Waals surface area contributed by atoms with Crippen molar-refractivity contribution >= 4 is 59.3 Å². The third kappa shape index (κ3) is 4.93. The molecule has 0 spiro atoms. The van der Waals surface area contributed by atoms with Gasteiger partial charge in [-0.2, -0.15) is 11.8 Å². The molecule has 1 atom stereocenters. The van der Waals surface area contributed by atoms with Crippen LogP contribution in [0.4, 0.5) is 5.69 Å². The minimum atomic E-state index is -3.56. The van der Waals surface area contributed by atoms with Crippen LogP contribution in [-0.4, -0.2) is 27.0 Å². The fourth-order valence-corrected chi connectivity index (χ4v) is 5.97. The molecule has 3 N–H and O–H groups in total. The largest absolute Gasteiger partial charge is 0.399 e. The van der Waals surface area contributed by atoms with E-state index in [1.807, 2.05) is 13.2 Å². The lowest BCUT2D eigenvalue weighted by molar-refractivity contribution is 0.562. The molecule has 1 unspecified atom stereocenters. The van der Waals surface area contributed by atoms with Gasteiger partial charge >= 0.3 is 0 Å². The summed E-state index contributed by atoms with van der Waals surface area (Å²) in [7, 11) is -3.56. The van der Waals surface area contributed by atoms with Gasteiger partial charge in [-0.15, -0.1) is 0 Å². The molecule has 0 saturated heterocycles. The average molecular weight is 432 g/mol. The summed E-state index contributed by atoms with van der Waals surface area (Å²) >= 11 is 8.17.